The molecule has 1 fully saturated rings. The molecule has 0 bridgehead atoms. The summed E-state index contributed by atoms with van der Waals surface area (Å²) in [5.41, 5.74) is 6.47. The van der Waals surface area contributed by atoms with Gasteiger partial charge >= 0.3 is 0 Å². The number of unbranched alkanes of at least 4 members (excludes halogenated alkanes) is 4. The van der Waals surface area contributed by atoms with Crippen LogP contribution in [-0.4, -0.2) is 65.5 Å². The van der Waals surface area contributed by atoms with Crippen LogP contribution in [0.1, 0.15) is 114 Å². The van der Waals surface area contributed by atoms with Crippen molar-refractivity contribution in [3.8, 4) is 0 Å². The van der Waals surface area contributed by atoms with Crippen molar-refractivity contribution < 1.29 is 28.4 Å². The molecule has 0 aliphatic carbocycles. The van der Waals surface area contributed by atoms with Gasteiger partial charge in [-0.15, -0.1) is 11.3 Å². The second-order valence-electron chi connectivity index (χ2n) is 15.6. The molecule has 0 N–H and O–H groups in total. The second-order valence-corrected chi connectivity index (χ2v) is 22.0. The molecule has 284 valence electrons. The van der Waals surface area contributed by atoms with Gasteiger partial charge in [0.1, 0.15) is 24.4 Å². The number of ether oxygens (including phenoxy) is 6. The van der Waals surface area contributed by atoms with Crippen LogP contribution in [0.5, 0.6) is 0 Å². The van der Waals surface area contributed by atoms with Gasteiger partial charge in [-0.2, -0.15) is 0 Å². The fraction of sp³-hybridized carbons (Fsp3) is 0.674. The number of benzene rings is 2. The van der Waals surface area contributed by atoms with Crippen molar-refractivity contribution in [2.24, 2.45) is 0 Å². The first-order valence-electron chi connectivity index (χ1n) is 20.1. The summed E-state index contributed by atoms with van der Waals surface area (Å²) in [7, 11) is -1.66. The van der Waals surface area contributed by atoms with Gasteiger partial charge in [0.15, 0.2) is 0 Å². The third-order valence-corrected chi connectivity index (χ3v) is 15.1. The van der Waals surface area contributed by atoms with Crippen LogP contribution in [0.4, 0.5) is 0 Å². The summed E-state index contributed by atoms with van der Waals surface area (Å²) in [4.78, 5) is 0. The summed E-state index contributed by atoms with van der Waals surface area (Å²) >= 11 is 1.99. The van der Waals surface area contributed by atoms with Gasteiger partial charge in [-0.25, -0.2) is 0 Å². The largest absolute Gasteiger partial charge is 0.379 e. The van der Waals surface area contributed by atoms with Crippen molar-refractivity contribution >= 4 is 34.0 Å². The third-order valence-electron chi connectivity index (χ3n) is 10.3. The topological polar surface area (TPSA) is 55.4 Å². The van der Waals surface area contributed by atoms with E-state index in [2.05, 4.69) is 90.7 Å². The highest BCUT2D eigenvalue weighted by molar-refractivity contribution is 7.31. The van der Waals surface area contributed by atoms with Crippen molar-refractivity contribution in [3.05, 3.63) is 64.2 Å². The predicted octanol–water partition coefficient (Wildman–Crippen LogP) is 10.1. The Bertz CT molecular complexity index is 1520. The minimum absolute atomic E-state index is 0.329. The lowest BCUT2D eigenvalue weighted by Crippen LogP contribution is -2.66. The molecular formula is C43H66O6SSi. The standard InChI is InChI=1S/C43H66O6SSi/c1-9-14-21-44-30-37-39(45-22-15-10-2)40(46-23-16-11-3)41(47-24-17-12-4)43(49-37)36-28-34-35(26-32-20-18-19-31(13-5)25-32)42(51(6,7)8)50-38(34)27-33(36)29-48-43/h18-20,25,27-28,37,39-41H,9-17,21-24,26,29-30H2,1-8H3/t37-,39-,40+,41-,43+/m1/s1. The lowest BCUT2D eigenvalue weighted by molar-refractivity contribution is -0.384. The molecule has 0 radical (unpaired) electrons. The van der Waals surface area contributed by atoms with Gasteiger partial charge in [0.25, 0.3) is 0 Å². The van der Waals surface area contributed by atoms with Gasteiger partial charge in [-0.1, -0.05) is 104 Å². The van der Waals surface area contributed by atoms with Crippen molar-refractivity contribution in [1.82, 2.24) is 0 Å². The van der Waals surface area contributed by atoms with E-state index in [4.69, 9.17) is 28.4 Å². The van der Waals surface area contributed by atoms with E-state index in [1.54, 1.807) is 4.50 Å². The maximum atomic E-state index is 7.31. The first-order chi connectivity index (χ1) is 24.7. The lowest BCUT2D eigenvalue weighted by Gasteiger charge is -2.51. The molecule has 0 saturated carbocycles. The van der Waals surface area contributed by atoms with E-state index < -0.39 is 20.0 Å². The highest BCUT2D eigenvalue weighted by Crippen LogP contribution is 2.50. The Morgan fingerprint density at radius 1 is 0.784 bits per heavy atom. The van der Waals surface area contributed by atoms with E-state index in [1.165, 1.54) is 32.3 Å². The summed E-state index contributed by atoms with van der Waals surface area (Å²) < 4.78 is 44.0. The average Bonchev–Trinajstić information content (AvgIpc) is 3.66. The SMILES string of the molecule is CCCCOC[C@H]1O[C@]2(OCc3cc4sc([Si](C)(C)C)c(Cc5cccc(CC)c5)c4cc32)[C@H](OCCCC)[C@@H](OCCCC)[C@@H]1OCCCC. The maximum Gasteiger partial charge on any atom is 0.225 e. The zero-order valence-corrected chi connectivity index (χ0v) is 34.8. The number of fused-ring (bicyclic) bond motifs is 3. The molecule has 0 amide bonds. The molecule has 5 atom stereocenters. The summed E-state index contributed by atoms with van der Waals surface area (Å²) in [6.07, 6.45) is 8.57. The Morgan fingerprint density at radius 2 is 1.43 bits per heavy atom. The first-order valence-corrected chi connectivity index (χ1v) is 24.4. The van der Waals surface area contributed by atoms with E-state index in [0.29, 0.717) is 39.6 Å². The Morgan fingerprint density at radius 3 is 2.10 bits per heavy atom. The summed E-state index contributed by atoms with van der Waals surface area (Å²) in [5.74, 6) is -1.13. The van der Waals surface area contributed by atoms with Crippen molar-refractivity contribution in [2.75, 3.05) is 33.0 Å². The average molecular weight is 739 g/mol. The summed E-state index contributed by atoms with van der Waals surface area (Å²) in [6.45, 7) is 21.9. The summed E-state index contributed by atoms with van der Waals surface area (Å²) in [6, 6.07) is 13.9. The molecule has 8 heteroatoms. The van der Waals surface area contributed by atoms with E-state index in [0.717, 1.165) is 69.8 Å². The Labute approximate surface area is 313 Å². The quantitative estimate of drug-likeness (QED) is 0.0801. The predicted molar refractivity (Wildman–Crippen MR) is 214 cm³/mol. The molecule has 1 spiro atoms. The fourth-order valence-corrected chi connectivity index (χ4v) is 11.1. The molecular weight excluding hydrogens is 673 g/mol. The molecule has 2 aliphatic rings. The van der Waals surface area contributed by atoms with Gasteiger partial charge in [0.2, 0.25) is 5.79 Å². The van der Waals surface area contributed by atoms with Crippen molar-refractivity contribution in [1.29, 1.82) is 0 Å². The van der Waals surface area contributed by atoms with E-state index in [9.17, 15) is 0 Å². The number of hydrogen-bond donors (Lipinski definition) is 0. The highest BCUT2D eigenvalue weighted by atomic mass is 32.1. The minimum atomic E-state index is -1.66. The van der Waals surface area contributed by atoms with E-state index in [1.807, 2.05) is 11.3 Å². The summed E-state index contributed by atoms with van der Waals surface area (Å²) in [5, 5.41) is 1.32. The third kappa shape index (κ3) is 9.55. The Kier molecular flexibility index (Phi) is 15.2. The van der Waals surface area contributed by atoms with Crippen LogP contribution < -0.4 is 4.50 Å². The molecule has 2 aromatic carbocycles. The monoisotopic (exact) mass is 738 g/mol. The maximum absolute atomic E-state index is 7.31. The van der Waals surface area contributed by atoms with Crippen LogP contribution in [0, 0.1) is 0 Å². The molecule has 3 aromatic rings. The number of rotatable bonds is 21. The smallest absolute Gasteiger partial charge is 0.225 e. The van der Waals surface area contributed by atoms with E-state index >= 15 is 0 Å². The van der Waals surface area contributed by atoms with Crippen LogP contribution in [0.2, 0.25) is 19.6 Å². The van der Waals surface area contributed by atoms with Crippen LogP contribution >= 0.6 is 11.3 Å². The minimum Gasteiger partial charge on any atom is -0.379 e. The van der Waals surface area contributed by atoms with Crippen molar-refractivity contribution in [2.45, 2.75) is 155 Å². The first kappa shape index (κ1) is 40.6. The van der Waals surface area contributed by atoms with Crippen molar-refractivity contribution in [3.63, 3.8) is 0 Å². The number of hydrogen-bond acceptors (Lipinski definition) is 7. The van der Waals surface area contributed by atoms with E-state index in [-0.39, 0.29) is 18.3 Å². The van der Waals surface area contributed by atoms with Crippen LogP contribution in [0.25, 0.3) is 10.1 Å². The van der Waals surface area contributed by atoms with Gasteiger partial charge in [0, 0.05) is 36.7 Å². The molecule has 1 saturated heterocycles. The fourth-order valence-electron chi connectivity index (χ4n) is 7.43. The lowest BCUT2D eigenvalue weighted by atomic mass is 9.86. The molecule has 1 aromatic heterocycles. The highest BCUT2D eigenvalue weighted by Gasteiger charge is 2.61. The van der Waals surface area contributed by atoms with Crippen LogP contribution in [-0.2, 0) is 53.7 Å². The Balaban J connectivity index is 1.65. The van der Waals surface area contributed by atoms with Gasteiger partial charge < -0.3 is 28.4 Å². The molecule has 51 heavy (non-hydrogen) atoms. The molecule has 6 nitrogen and oxygen atoms in total. The van der Waals surface area contributed by atoms with Gasteiger partial charge in [-0.05, 0) is 82.8 Å². The van der Waals surface area contributed by atoms with Gasteiger partial charge in [-0.3, -0.25) is 0 Å². The molecule has 2 aliphatic heterocycles. The normalized spacial score (nSPS) is 23.5. The number of aryl methyl sites for hydroxylation is 1. The molecule has 3 heterocycles. The molecule has 0 unspecified atom stereocenters. The zero-order valence-electron chi connectivity index (χ0n) is 32.9. The molecule has 5 rings (SSSR count). The second kappa shape index (κ2) is 19.1. The van der Waals surface area contributed by atoms with Crippen LogP contribution in [0.3, 0.4) is 0 Å². The Hall–Kier alpha value is -1.62. The van der Waals surface area contributed by atoms with Gasteiger partial charge in [0.05, 0.1) is 21.3 Å². The number of thiophene rings is 1. The zero-order chi connectivity index (χ0) is 36.4. The van der Waals surface area contributed by atoms with Crippen LogP contribution in [0.15, 0.2) is 36.4 Å².